The van der Waals surface area contributed by atoms with Gasteiger partial charge in [0.2, 0.25) is 0 Å². The zero-order valence-electron chi connectivity index (χ0n) is 21.0. The van der Waals surface area contributed by atoms with Gasteiger partial charge in [0, 0.05) is 24.7 Å². The lowest BCUT2D eigenvalue weighted by atomic mass is 9.47. The summed E-state index contributed by atoms with van der Waals surface area (Å²) < 4.78 is 11.1. The van der Waals surface area contributed by atoms with Crippen LogP contribution in [-0.4, -0.2) is 45.5 Å². The van der Waals surface area contributed by atoms with Gasteiger partial charge in [-0.3, -0.25) is 4.79 Å². The lowest BCUT2D eigenvalue weighted by Crippen LogP contribution is -2.53. The van der Waals surface area contributed by atoms with Crippen molar-refractivity contribution in [2.75, 3.05) is 6.61 Å². The summed E-state index contributed by atoms with van der Waals surface area (Å²) in [7, 11) is 0. The zero-order valence-corrected chi connectivity index (χ0v) is 21.0. The largest absolute Gasteiger partial charge is 0.507 e. The van der Waals surface area contributed by atoms with E-state index in [1.807, 2.05) is 0 Å². The van der Waals surface area contributed by atoms with Crippen molar-refractivity contribution in [3.05, 3.63) is 51.1 Å². The van der Waals surface area contributed by atoms with Crippen LogP contribution in [0.5, 0.6) is 5.75 Å². The number of ketones is 1. The van der Waals surface area contributed by atoms with Crippen molar-refractivity contribution >= 4 is 5.78 Å². The summed E-state index contributed by atoms with van der Waals surface area (Å²) in [4.78, 5) is 25.5. The van der Waals surface area contributed by atoms with Crippen molar-refractivity contribution < 1.29 is 29.3 Å². The van der Waals surface area contributed by atoms with Crippen LogP contribution in [0.3, 0.4) is 0 Å². The van der Waals surface area contributed by atoms with Crippen molar-refractivity contribution in [1.29, 1.82) is 0 Å². The van der Waals surface area contributed by atoms with Gasteiger partial charge in [-0.05, 0) is 68.3 Å². The summed E-state index contributed by atoms with van der Waals surface area (Å²) in [5.74, 6) is 0.261. The number of carbonyl (C=O) groups is 1. The van der Waals surface area contributed by atoms with Crippen molar-refractivity contribution in [3.63, 3.8) is 0 Å². The molecule has 7 heteroatoms. The maximum Gasteiger partial charge on any atom is 0.343 e. The number of ether oxygens (including phenoxy) is 1. The topological polar surface area (TPSA) is 121 Å². The standard InChI is InChI=1S/C28H36O7/c1-15-6-7-21-26(3,14-29)8-5-9-27(21,4)19(15)13-28-22(31)12-17(23(32)24(28)35-28)11-18-20(30)10-16(2)34-25(18)33/h6,10,12,19,21-22,24,29-31H,5,7-9,11,13-14H2,1-4H3/t19-,21-,22+,24+,26-,27+,28-/m0/s1. The first kappa shape index (κ1) is 24.5. The van der Waals surface area contributed by atoms with Gasteiger partial charge in [-0.15, -0.1) is 0 Å². The van der Waals surface area contributed by atoms with E-state index >= 15 is 0 Å². The molecule has 1 saturated heterocycles. The Morgan fingerprint density at radius 1 is 1.17 bits per heavy atom. The molecule has 0 aromatic carbocycles. The molecule has 1 aromatic rings. The molecule has 190 valence electrons. The normalized spacial score (nSPS) is 40.5. The smallest absolute Gasteiger partial charge is 0.343 e. The van der Waals surface area contributed by atoms with E-state index in [4.69, 9.17) is 9.15 Å². The molecule has 7 atom stereocenters. The molecule has 0 bridgehead atoms. The van der Waals surface area contributed by atoms with E-state index in [0.717, 1.165) is 25.7 Å². The quantitative estimate of drug-likeness (QED) is 0.433. The van der Waals surface area contributed by atoms with Crippen LogP contribution in [0.1, 0.15) is 64.2 Å². The fraction of sp³-hybridized carbons (Fsp3) is 0.643. The van der Waals surface area contributed by atoms with E-state index in [1.165, 1.54) is 17.7 Å². The van der Waals surface area contributed by atoms with Gasteiger partial charge in [0.15, 0.2) is 11.9 Å². The Hall–Kier alpha value is -2.22. The van der Waals surface area contributed by atoms with Crippen molar-refractivity contribution in [3.8, 4) is 5.75 Å². The number of hydrogen-bond donors (Lipinski definition) is 3. The molecule has 0 amide bonds. The molecule has 2 fully saturated rings. The highest BCUT2D eigenvalue weighted by atomic mass is 16.6. The number of carbonyl (C=O) groups excluding carboxylic acids is 1. The van der Waals surface area contributed by atoms with Gasteiger partial charge < -0.3 is 24.5 Å². The molecular weight excluding hydrogens is 448 g/mol. The van der Waals surface area contributed by atoms with Gasteiger partial charge in [-0.1, -0.05) is 31.9 Å². The predicted molar refractivity (Wildman–Crippen MR) is 129 cm³/mol. The number of fused-ring (bicyclic) bond motifs is 2. The first-order valence-electron chi connectivity index (χ1n) is 12.7. The monoisotopic (exact) mass is 484 g/mol. The molecule has 4 aliphatic rings. The predicted octanol–water partition coefficient (Wildman–Crippen LogP) is 3.37. The second kappa shape index (κ2) is 8.15. The molecule has 0 radical (unpaired) electrons. The highest BCUT2D eigenvalue weighted by Crippen LogP contribution is 2.63. The third kappa shape index (κ3) is 3.66. The van der Waals surface area contributed by atoms with E-state index in [0.29, 0.717) is 12.3 Å². The maximum atomic E-state index is 13.3. The Morgan fingerprint density at radius 3 is 2.60 bits per heavy atom. The number of aromatic hydroxyl groups is 1. The van der Waals surface area contributed by atoms with Crippen molar-refractivity contribution in [2.24, 2.45) is 22.7 Å². The minimum Gasteiger partial charge on any atom is -0.507 e. The number of aryl methyl sites for hydroxylation is 1. The molecule has 35 heavy (non-hydrogen) atoms. The number of rotatable bonds is 5. The number of aliphatic hydroxyl groups excluding tert-OH is 2. The van der Waals surface area contributed by atoms with Gasteiger partial charge in [-0.25, -0.2) is 4.79 Å². The molecule has 1 aliphatic heterocycles. The summed E-state index contributed by atoms with van der Waals surface area (Å²) in [5.41, 5.74) is -0.348. The van der Waals surface area contributed by atoms with E-state index < -0.39 is 23.4 Å². The number of aliphatic hydroxyl groups is 2. The fourth-order valence-corrected chi connectivity index (χ4v) is 7.52. The Kier molecular flexibility index (Phi) is 5.70. The van der Waals surface area contributed by atoms with Gasteiger partial charge in [0.25, 0.3) is 0 Å². The summed E-state index contributed by atoms with van der Waals surface area (Å²) in [6.45, 7) is 8.33. The summed E-state index contributed by atoms with van der Waals surface area (Å²) >= 11 is 0. The summed E-state index contributed by atoms with van der Waals surface area (Å²) in [5, 5.41) is 31.6. The molecule has 3 aliphatic carbocycles. The Morgan fingerprint density at radius 2 is 1.91 bits per heavy atom. The van der Waals surface area contributed by atoms with Crippen LogP contribution in [0.25, 0.3) is 0 Å². The first-order chi connectivity index (χ1) is 16.4. The minimum atomic E-state index is -0.996. The first-order valence-corrected chi connectivity index (χ1v) is 12.7. The van der Waals surface area contributed by atoms with Crippen LogP contribution >= 0.6 is 0 Å². The molecule has 3 N–H and O–H groups in total. The molecule has 7 nitrogen and oxygen atoms in total. The zero-order chi connectivity index (χ0) is 25.3. The number of allylic oxidation sites excluding steroid dienone is 2. The van der Waals surface area contributed by atoms with Crippen LogP contribution in [0.15, 0.2) is 38.6 Å². The van der Waals surface area contributed by atoms with Gasteiger partial charge in [-0.2, -0.15) is 0 Å². The lowest BCUT2D eigenvalue weighted by Gasteiger charge is -2.57. The lowest BCUT2D eigenvalue weighted by molar-refractivity contribution is -0.117. The highest BCUT2D eigenvalue weighted by Gasteiger charge is 2.69. The SMILES string of the molecule is CC1=CC[C@H]2[C@](C)(CO)CCC[C@]2(C)[C@H]1C[C@@]12O[C@@H]1C(=O)C(Cc1c(O)cc(C)oc1=O)=C[C@H]2O. The molecule has 5 rings (SSSR count). The third-order valence-corrected chi connectivity index (χ3v) is 9.66. The van der Waals surface area contributed by atoms with E-state index in [-0.39, 0.29) is 58.2 Å². The van der Waals surface area contributed by atoms with E-state index in [9.17, 15) is 24.9 Å². The van der Waals surface area contributed by atoms with Crippen LogP contribution in [0.2, 0.25) is 0 Å². The average Bonchev–Trinajstić information content (AvgIpc) is 3.53. The Balaban J connectivity index is 1.42. The second-order valence-electron chi connectivity index (χ2n) is 11.8. The summed E-state index contributed by atoms with van der Waals surface area (Å²) in [6.07, 6.45) is 6.43. The minimum absolute atomic E-state index is 0.00227. The average molecular weight is 485 g/mol. The molecule has 2 heterocycles. The van der Waals surface area contributed by atoms with Gasteiger partial charge in [0.05, 0.1) is 5.56 Å². The second-order valence-corrected chi connectivity index (χ2v) is 11.8. The summed E-state index contributed by atoms with van der Waals surface area (Å²) in [6, 6.07) is 1.35. The molecular formula is C28H36O7. The van der Waals surface area contributed by atoms with Crippen LogP contribution in [0, 0.1) is 29.6 Å². The van der Waals surface area contributed by atoms with Crippen LogP contribution < -0.4 is 5.63 Å². The maximum absolute atomic E-state index is 13.3. The van der Waals surface area contributed by atoms with Crippen LogP contribution in [-0.2, 0) is 16.0 Å². The van der Waals surface area contributed by atoms with Crippen molar-refractivity contribution in [2.45, 2.75) is 84.0 Å². The van der Waals surface area contributed by atoms with Gasteiger partial charge >= 0.3 is 5.63 Å². The number of epoxide rings is 1. The Bertz CT molecular complexity index is 1180. The Labute approximate surface area is 205 Å². The van der Waals surface area contributed by atoms with E-state index in [2.05, 4.69) is 26.8 Å². The van der Waals surface area contributed by atoms with Crippen molar-refractivity contribution in [1.82, 2.24) is 0 Å². The fourth-order valence-electron chi connectivity index (χ4n) is 7.52. The van der Waals surface area contributed by atoms with Gasteiger partial charge in [0.1, 0.15) is 23.2 Å². The van der Waals surface area contributed by atoms with Crippen LogP contribution in [0.4, 0.5) is 0 Å². The number of hydrogen-bond acceptors (Lipinski definition) is 7. The van der Waals surface area contributed by atoms with E-state index in [1.54, 1.807) is 6.92 Å². The number of Topliss-reactive ketones (excluding diaryl/α,β-unsaturated/α-hetero) is 1. The molecule has 0 unspecified atom stereocenters. The highest BCUT2D eigenvalue weighted by molar-refractivity contribution is 6.03. The third-order valence-electron chi connectivity index (χ3n) is 9.66. The molecule has 1 saturated carbocycles. The molecule has 1 aromatic heterocycles. The molecule has 0 spiro atoms.